The summed E-state index contributed by atoms with van der Waals surface area (Å²) in [4.78, 5) is 28.5. The summed E-state index contributed by atoms with van der Waals surface area (Å²) in [5.41, 5.74) is 3.17. The lowest BCUT2D eigenvalue weighted by molar-refractivity contribution is -0.124. The number of Topliss-reactive ketones (excluding diaryl/α,β-unsaturated/α-hetero) is 2. The van der Waals surface area contributed by atoms with Crippen LogP contribution in [-0.2, 0) is 9.59 Å². The van der Waals surface area contributed by atoms with E-state index < -0.39 is 0 Å². The molecule has 4 rings (SSSR count). The lowest BCUT2D eigenvalue weighted by atomic mass is 9.79. The summed E-state index contributed by atoms with van der Waals surface area (Å²) in [7, 11) is 1.62. The number of methoxy groups -OCH3 is 1. The number of aromatic nitrogens is 1. The monoisotopic (exact) mass is 345 g/mol. The molecule has 0 aliphatic heterocycles. The third kappa shape index (κ3) is 2.94. The predicted molar refractivity (Wildman–Crippen MR) is 101 cm³/mol. The van der Waals surface area contributed by atoms with Gasteiger partial charge in [-0.3, -0.25) is 9.59 Å². The standard InChI is InChI=1S/C22H19NO3/c1-26-17-8-6-14(7-9-17)15-11-21(24)19(22(25)12-15)10-16-13-23-20-5-3-2-4-18(16)20/h2-10,13,15,23H,11-12H2,1H3. The van der Waals surface area contributed by atoms with Crippen LogP contribution in [0.1, 0.15) is 29.9 Å². The molecule has 26 heavy (non-hydrogen) atoms. The maximum atomic E-state index is 12.6. The number of allylic oxidation sites excluding steroid dienone is 1. The maximum absolute atomic E-state index is 12.6. The highest BCUT2D eigenvalue weighted by molar-refractivity contribution is 6.25. The van der Waals surface area contributed by atoms with E-state index in [0.717, 1.165) is 27.8 Å². The van der Waals surface area contributed by atoms with Crippen molar-refractivity contribution in [2.45, 2.75) is 18.8 Å². The molecular weight excluding hydrogens is 326 g/mol. The average Bonchev–Trinajstić information content (AvgIpc) is 3.07. The first-order chi connectivity index (χ1) is 12.7. The molecule has 1 fully saturated rings. The van der Waals surface area contributed by atoms with Crippen molar-refractivity contribution in [2.75, 3.05) is 7.11 Å². The molecule has 4 nitrogen and oxygen atoms in total. The molecule has 0 saturated heterocycles. The summed E-state index contributed by atoms with van der Waals surface area (Å²) in [6.45, 7) is 0. The molecule has 4 heteroatoms. The molecule has 3 aromatic rings. The van der Waals surface area contributed by atoms with Crippen LogP contribution in [0.3, 0.4) is 0 Å². The Bertz CT molecular complexity index is 991. The topological polar surface area (TPSA) is 59.2 Å². The van der Waals surface area contributed by atoms with Crippen molar-refractivity contribution in [1.82, 2.24) is 4.98 Å². The normalized spacial score (nSPS) is 17.6. The minimum Gasteiger partial charge on any atom is -0.497 e. The minimum absolute atomic E-state index is 0.0685. The van der Waals surface area contributed by atoms with Crippen LogP contribution in [-0.4, -0.2) is 23.7 Å². The van der Waals surface area contributed by atoms with Crippen molar-refractivity contribution in [2.24, 2.45) is 0 Å². The molecule has 1 heterocycles. The zero-order valence-corrected chi connectivity index (χ0v) is 14.5. The molecule has 1 aliphatic rings. The van der Waals surface area contributed by atoms with E-state index in [4.69, 9.17) is 4.74 Å². The van der Waals surface area contributed by atoms with Gasteiger partial charge < -0.3 is 9.72 Å². The fourth-order valence-corrected chi connectivity index (χ4v) is 3.54. The molecule has 130 valence electrons. The number of fused-ring (bicyclic) bond motifs is 1. The number of ether oxygens (including phenoxy) is 1. The van der Waals surface area contributed by atoms with Crippen molar-refractivity contribution in [3.05, 3.63) is 71.4 Å². The number of nitrogens with one attached hydrogen (secondary N) is 1. The van der Waals surface area contributed by atoms with Crippen molar-refractivity contribution < 1.29 is 14.3 Å². The highest BCUT2D eigenvalue weighted by Gasteiger charge is 2.31. The third-order valence-corrected chi connectivity index (χ3v) is 4.97. The van der Waals surface area contributed by atoms with Gasteiger partial charge in [-0.05, 0) is 35.8 Å². The van der Waals surface area contributed by atoms with Gasteiger partial charge in [0.15, 0.2) is 11.6 Å². The molecule has 0 unspecified atom stereocenters. The minimum atomic E-state index is -0.0904. The van der Waals surface area contributed by atoms with Gasteiger partial charge in [-0.15, -0.1) is 0 Å². The summed E-state index contributed by atoms with van der Waals surface area (Å²) in [6, 6.07) is 15.4. The number of H-pyrrole nitrogens is 1. The molecule has 2 aromatic carbocycles. The van der Waals surface area contributed by atoms with Crippen molar-refractivity contribution in [3.63, 3.8) is 0 Å². The summed E-state index contributed by atoms with van der Waals surface area (Å²) in [5.74, 6) is 0.517. The van der Waals surface area contributed by atoms with E-state index in [1.807, 2.05) is 54.7 Å². The van der Waals surface area contributed by atoms with E-state index in [1.165, 1.54) is 0 Å². The second-order valence-electron chi connectivity index (χ2n) is 6.57. The number of rotatable bonds is 3. The van der Waals surface area contributed by atoms with Gasteiger partial charge in [-0.2, -0.15) is 0 Å². The number of ketones is 2. The lowest BCUT2D eigenvalue weighted by Gasteiger charge is -2.22. The SMILES string of the molecule is COc1ccc(C2CC(=O)C(=Cc3c[nH]c4ccccc34)C(=O)C2)cc1. The molecule has 0 spiro atoms. The van der Waals surface area contributed by atoms with Gasteiger partial charge in [0.1, 0.15) is 5.75 Å². The largest absolute Gasteiger partial charge is 0.497 e. The van der Waals surface area contributed by atoms with Crippen molar-refractivity contribution in [3.8, 4) is 5.75 Å². The molecule has 0 radical (unpaired) electrons. The Morgan fingerprint density at radius 2 is 1.69 bits per heavy atom. The van der Waals surface area contributed by atoms with Crippen LogP contribution >= 0.6 is 0 Å². The first-order valence-corrected chi connectivity index (χ1v) is 8.64. The van der Waals surface area contributed by atoms with E-state index >= 15 is 0 Å². The van der Waals surface area contributed by atoms with Gasteiger partial charge in [0.25, 0.3) is 0 Å². The zero-order valence-electron chi connectivity index (χ0n) is 14.5. The third-order valence-electron chi connectivity index (χ3n) is 4.97. The van der Waals surface area contributed by atoms with Gasteiger partial charge in [-0.25, -0.2) is 0 Å². The van der Waals surface area contributed by atoms with E-state index in [-0.39, 0.29) is 17.5 Å². The number of carbonyl (C=O) groups is 2. The molecule has 1 N–H and O–H groups in total. The first kappa shape index (κ1) is 16.3. The number of aromatic amines is 1. The van der Waals surface area contributed by atoms with Crippen LogP contribution in [0.5, 0.6) is 5.75 Å². The number of hydrogen-bond acceptors (Lipinski definition) is 3. The van der Waals surface area contributed by atoms with Gasteiger partial charge in [-0.1, -0.05) is 30.3 Å². The Hall–Kier alpha value is -3.14. The summed E-state index contributed by atoms with van der Waals surface area (Å²) in [6.07, 6.45) is 4.28. The summed E-state index contributed by atoms with van der Waals surface area (Å²) in [5, 5.41) is 1.01. The Morgan fingerprint density at radius 1 is 1.00 bits per heavy atom. The van der Waals surface area contributed by atoms with E-state index in [9.17, 15) is 9.59 Å². The van der Waals surface area contributed by atoms with Gasteiger partial charge in [0.05, 0.1) is 12.7 Å². The fourth-order valence-electron chi connectivity index (χ4n) is 3.54. The number of para-hydroxylation sites is 1. The Labute approximate surface area is 151 Å². The van der Waals surface area contributed by atoms with Gasteiger partial charge in [0.2, 0.25) is 0 Å². The van der Waals surface area contributed by atoms with E-state index in [0.29, 0.717) is 18.4 Å². The van der Waals surface area contributed by atoms with Crippen LogP contribution in [0.25, 0.3) is 17.0 Å². The first-order valence-electron chi connectivity index (χ1n) is 8.64. The van der Waals surface area contributed by atoms with Gasteiger partial charge >= 0.3 is 0 Å². The second-order valence-corrected chi connectivity index (χ2v) is 6.57. The fraction of sp³-hybridized carbons (Fsp3) is 0.182. The number of benzene rings is 2. The highest BCUT2D eigenvalue weighted by atomic mass is 16.5. The Kier molecular flexibility index (Phi) is 4.17. The zero-order chi connectivity index (χ0) is 18.1. The summed E-state index contributed by atoms with van der Waals surface area (Å²) < 4.78 is 5.16. The molecule has 0 amide bonds. The van der Waals surface area contributed by atoms with E-state index in [2.05, 4.69) is 4.98 Å². The molecule has 0 bridgehead atoms. The lowest BCUT2D eigenvalue weighted by Crippen LogP contribution is -2.24. The molecule has 1 aromatic heterocycles. The van der Waals surface area contributed by atoms with Crippen LogP contribution in [0.4, 0.5) is 0 Å². The highest BCUT2D eigenvalue weighted by Crippen LogP contribution is 2.33. The van der Waals surface area contributed by atoms with Gasteiger partial charge in [0, 0.05) is 35.5 Å². The molecular formula is C22H19NO3. The van der Waals surface area contributed by atoms with Crippen LogP contribution < -0.4 is 4.74 Å². The Morgan fingerprint density at radius 3 is 2.38 bits per heavy atom. The average molecular weight is 345 g/mol. The Balaban J connectivity index is 1.60. The van der Waals surface area contributed by atoms with Crippen LogP contribution in [0.15, 0.2) is 60.3 Å². The van der Waals surface area contributed by atoms with Crippen molar-refractivity contribution in [1.29, 1.82) is 0 Å². The van der Waals surface area contributed by atoms with Crippen LogP contribution in [0, 0.1) is 0 Å². The smallest absolute Gasteiger partial charge is 0.167 e. The second kappa shape index (κ2) is 6.64. The summed E-state index contributed by atoms with van der Waals surface area (Å²) >= 11 is 0. The quantitative estimate of drug-likeness (QED) is 0.569. The number of carbonyl (C=O) groups excluding carboxylic acids is 2. The van der Waals surface area contributed by atoms with Crippen molar-refractivity contribution >= 4 is 28.5 Å². The maximum Gasteiger partial charge on any atom is 0.167 e. The van der Waals surface area contributed by atoms with Crippen LogP contribution in [0.2, 0.25) is 0 Å². The predicted octanol–water partition coefficient (Wildman–Crippen LogP) is 4.28. The number of hydrogen-bond donors (Lipinski definition) is 1. The molecule has 0 atom stereocenters. The van der Waals surface area contributed by atoms with E-state index in [1.54, 1.807) is 13.2 Å². The molecule has 1 aliphatic carbocycles. The molecule has 1 saturated carbocycles.